The minimum absolute atomic E-state index is 0.603. The lowest BCUT2D eigenvalue weighted by Crippen LogP contribution is -2.05. The summed E-state index contributed by atoms with van der Waals surface area (Å²) in [6, 6.07) is 14.5. The molecular formula is C25H32O3. The van der Waals surface area contributed by atoms with Gasteiger partial charge < -0.3 is 14.2 Å². The molecule has 0 bridgehead atoms. The van der Waals surface area contributed by atoms with Crippen LogP contribution in [0.2, 0.25) is 0 Å². The first-order valence-electron chi connectivity index (χ1n) is 10.3. The van der Waals surface area contributed by atoms with Crippen LogP contribution in [0.25, 0.3) is 21.5 Å². The molecule has 0 aromatic heterocycles. The van der Waals surface area contributed by atoms with Crippen molar-refractivity contribution in [2.75, 3.05) is 20.3 Å². The molecule has 150 valence electrons. The van der Waals surface area contributed by atoms with Crippen molar-refractivity contribution in [3.05, 3.63) is 42.5 Å². The van der Waals surface area contributed by atoms with E-state index < -0.39 is 0 Å². The number of ether oxygens (including phenoxy) is 3. The Morgan fingerprint density at radius 1 is 0.679 bits per heavy atom. The second-order valence-corrected chi connectivity index (χ2v) is 8.18. The summed E-state index contributed by atoms with van der Waals surface area (Å²) in [5, 5.41) is 4.30. The van der Waals surface area contributed by atoms with Gasteiger partial charge in [0.1, 0.15) is 17.2 Å². The van der Waals surface area contributed by atoms with Crippen molar-refractivity contribution in [3.63, 3.8) is 0 Å². The van der Waals surface area contributed by atoms with Crippen molar-refractivity contribution in [1.29, 1.82) is 0 Å². The molecule has 0 aliphatic carbocycles. The minimum atomic E-state index is 0.603. The maximum Gasteiger partial charge on any atom is 0.135 e. The van der Waals surface area contributed by atoms with Crippen molar-refractivity contribution in [2.45, 2.75) is 40.5 Å². The first-order valence-corrected chi connectivity index (χ1v) is 10.3. The lowest BCUT2D eigenvalue weighted by molar-refractivity contribution is 0.291. The summed E-state index contributed by atoms with van der Waals surface area (Å²) in [4.78, 5) is 0. The van der Waals surface area contributed by atoms with Gasteiger partial charge >= 0.3 is 0 Å². The largest absolute Gasteiger partial charge is 0.497 e. The zero-order valence-electron chi connectivity index (χ0n) is 17.7. The molecule has 0 radical (unpaired) electrons. The lowest BCUT2D eigenvalue weighted by atomic mass is 10.00. The van der Waals surface area contributed by atoms with E-state index in [0.29, 0.717) is 25.0 Å². The van der Waals surface area contributed by atoms with E-state index in [1.165, 1.54) is 0 Å². The average molecular weight is 381 g/mol. The van der Waals surface area contributed by atoms with Crippen molar-refractivity contribution in [1.82, 2.24) is 0 Å². The number of hydrogen-bond donors (Lipinski definition) is 0. The zero-order valence-corrected chi connectivity index (χ0v) is 17.7. The molecule has 0 saturated heterocycles. The van der Waals surface area contributed by atoms with E-state index in [2.05, 4.69) is 64.1 Å². The van der Waals surface area contributed by atoms with Gasteiger partial charge in [0, 0.05) is 21.5 Å². The van der Waals surface area contributed by atoms with Crippen LogP contribution in [0.15, 0.2) is 42.5 Å². The molecule has 0 aliphatic rings. The number of rotatable bonds is 9. The fourth-order valence-electron chi connectivity index (χ4n) is 3.31. The van der Waals surface area contributed by atoms with Gasteiger partial charge in [-0.05, 0) is 42.9 Å². The first kappa shape index (κ1) is 20.3. The third-order valence-electron chi connectivity index (χ3n) is 5.02. The van der Waals surface area contributed by atoms with Gasteiger partial charge in [-0.2, -0.15) is 0 Å². The standard InChI is InChI=1S/C25H32O3/c1-17(2)12-14-27-24-20-8-6-7-9-21(20)25(28-15-13-18(3)4)23-16-19(26-5)10-11-22(23)24/h6-11,16-18H,12-15H2,1-5H3. The maximum atomic E-state index is 6.33. The number of fused-ring (bicyclic) bond motifs is 2. The molecule has 0 aliphatic heterocycles. The highest BCUT2D eigenvalue weighted by molar-refractivity contribution is 6.11. The Balaban J connectivity index is 2.15. The van der Waals surface area contributed by atoms with E-state index in [0.717, 1.165) is 51.6 Å². The topological polar surface area (TPSA) is 27.7 Å². The molecule has 28 heavy (non-hydrogen) atoms. The van der Waals surface area contributed by atoms with Gasteiger partial charge in [0.2, 0.25) is 0 Å². The SMILES string of the molecule is COc1ccc2c(OCCC(C)C)c3ccccc3c(OCCC(C)C)c2c1. The van der Waals surface area contributed by atoms with E-state index in [9.17, 15) is 0 Å². The summed E-state index contributed by atoms with van der Waals surface area (Å²) in [5.74, 6) is 3.89. The molecule has 3 rings (SSSR count). The first-order chi connectivity index (χ1) is 13.5. The summed E-state index contributed by atoms with van der Waals surface area (Å²) in [6.07, 6.45) is 2.05. The Bertz CT molecular complexity index is 928. The van der Waals surface area contributed by atoms with Gasteiger partial charge in [-0.25, -0.2) is 0 Å². The second-order valence-electron chi connectivity index (χ2n) is 8.18. The van der Waals surface area contributed by atoms with Gasteiger partial charge in [0.05, 0.1) is 20.3 Å². The molecule has 3 heteroatoms. The molecule has 3 aromatic carbocycles. The summed E-state index contributed by atoms with van der Waals surface area (Å²) in [6.45, 7) is 10.3. The van der Waals surface area contributed by atoms with Crippen LogP contribution in [-0.4, -0.2) is 20.3 Å². The van der Waals surface area contributed by atoms with Crippen LogP contribution in [0.3, 0.4) is 0 Å². The molecule has 0 spiro atoms. The molecule has 0 amide bonds. The Hall–Kier alpha value is -2.42. The summed E-state index contributed by atoms with van der Waals surface area (Å²) >= 11 is 0. The highest BCUT2D eigenvalue weighted by atomic mass is 16.5. The zero-order chi connectivity index (χ0) is 20.1. The Labute approximate surface area is 168 Å². The molecule has 0 fully saturated rings. The molecule has 0 saturated carbocycles. The van der Waals surface area contributed by atoms with Crippen LogP contribution in [-0.2, 0) is 0 Å². The van der Waals surface area contributed by atoms with Crippen molar-refractivity contribution in [2.24, 2.45) is 11.8 Å². The summed E-state index contributed by atoms with van der Waals surface area (Å²) < 4.78 is 18.1. The van der Waals surface area contributed by atoms with Gasteiger partial charge in [0.25, 0.3) is 0 Å². The smallest absolute Gasteiger partial charge is 0.135 e. The van der Waals surface area contributed by atoms with E-state index >= 15 is 0 Å². The quantitative estimate of drug-likeness (QED) is 0.380. The van der Waals surface area contributed by atoms with E-state index in [-0.39, 0.29) is 0 Å². The Morgan fingerprint density at radius 2 is 1.18 bits per heavy atom. The predicted octanol–water partition coefficient (Wildman–Crippen LogP) is 6.85. The Morgan fingerprint density at radius 3 is 1.68 bits per heavy atom. The second kappa shape index (κ2) is 9.18. The fourth-order valence-corrected chi connectivity index (χ4v) is 3.31. The third-order valence-corrected chi connectivity index (χ3v) is 5.02. The lowest BCUT2D eigenvalue weighted by Gasteiger charge is -2.19. The normalized spacial score (nSPS) is 11.5. The van der Waals surface area contributed by atoms with E-state index in [1.54, 1.807) is 7.11 Å². The maximum absolute atomic E-state index is 6.33. The van der Waals surface area contributed by atoms with Crippen LogP contribution < -0.4 is 14.2 Å². The molecule has 0 atom stereocenters. The molecule has 0 N–H and O–H groups in total. The van der Waals surface area contributed by atoms with Gasteiger partial charge in [0.15, 0.2) is 0 Å². The highest BCUT2D eigenvalue weighted by Crippen LogP contribution is 2.44. The molecule has 3 nitrogen and oxygen atoms in total. The van der Waals surface area contributed by atoms with Crippen LogP contribution in [0.4, 0.5) is 0 Å². The van der Waals surface area contributed by atoms with Crippen LogP contribution in [0, 0.1) is 11.8 Å². The number of hydrogen-bond acceptors (Lipinski definition) is 3. The van der Waals surface area contributed by atoms with Crippen LogP contribution >= 0.6 is 0 Å². The molecule has 3 aromatic rings. The fraction of sp³-hybridized carbons (Fsp3) is 0.440. The average Bonchev–Trinajstić information content (AvgIpc) is 2.68. The molecular weight excluding hydrogens is 348 g/mol. The number of benzene rings is 3. The van der Waals surface area contributed by atoms with Crippen LogP contribution in [0.1, 0.15) is 40.5 Å². The monoisotopic (exact) mass is 380 g/mol. The van der Waals surface area contributed by atoms with Crippen molar-refractivity contribution < 1.29 is 14.2 Å². The Kier molecular flexibility index (Phi) is 6.66. The van der Waals surface area contributed by atoms with Gasteiger partial charge in [-0.3, -0.25) is 0 Å². The van der Waals surface area contributed by atoms with Gasteiger partial charge in [-0.15, -0.1) is 0 Å². The number of methoxy groups -OCH3 is 1. The van der Waals surface area contributed by atoms with Gasteiger partial charge in [-0.1, -0.05) is 52.0 Å². The van der Waals surface area contributed by atoms with E-state index in [1.807, 2.05) is 6.07 Å². The molecule has 0 heterocycles. The van der Waals surface area contributed by atoms with E-state index in [4.69, 9.17) is 14.2 Å². The molecule has 0 unspecified atom stereocenters. The predicted molar refractivity (Wildman–Crippen MR) is 118 cm³/mol. The van der Waals surface area contributed by atoms with Crippen molar-refractivity contribution in [3.8, 4) is 17.2 Å². The third kappa shape index (κ3) is 4.52. The highest BCUT2D eigenvalue weighted by Gasteiger charge is 2.17. The van der Waals surface area contributed by atoms with Crippen LogP contribution in [0.5, 0.6) is 17.2 Å². The summed E-state index contributed by atoms with van der Waals surface area (Å²) in [5.41, 5.74) is 0. The summed E-state index contributed by atoms with van der Waals surface area (Å²) in [7, 11) is 1.70. The minimum Gasteiger partial charge on any atom is -0.497 e. The van der Waals surface area contributed by atoms with Crippen molar-refractivity contribution >= 4 is 21.5 Å².